The zero-order valence-corrected chi connectivity index (χ0v) is 16.2. The van der Waals surface area contributed by atoms with E-state index in [0.29, 0.717) is 21.7 Å². The van der Waals surface area contributed by atoms with Gasteiger partial charge in [0, 0.05) is 22.4 Å². The van der Waals surface area contributed by atoms with Crippen molar-refractivity contribution < 1.29 is 14.0 Å². The van der Waals surface area contributed by atoms with Crippen LogP contribution in [0.2, 0.25) is 0 Å². The van der Waals surface area contributed by atoms with Crippen LogP contribution in [-0.4, -0.2) is 11.8 Å². The predicted molar refractivity (Wildman–Crippen MR) is 110 cm³/mol. The second kappa shape index (κ2) is 9.04. The first-order valence-corrected chi connectivity index (χ1v) is 9.44. The lowest BCUT2D eigenvalue weighted by Gasteiger charge is -2.12. The highest BCUT2D eigenvalue weighted by molar-refractivity contribution is 7.99. The number of carbonyl (C=O) groups is 2. The Bertz CT molecular complexity index is 1130. The second-order valence-corrected chi connectivity index (χ2v) is 7.12. The van der Waals surface area contributed by atoms with Crippen molar-refractivity contribution in [3.8, 4) is 6.07 Å². The maximum atomic E-state index is 13.8. The zero-order chi connectivity index (χ0) is 20.8. The van der Waals surface area contributed by atoms with E-state index in [9.17, 15) is 19.2 Å². The molecule has 3 aromatic carbocycles. The Labute approximate surface area is 171 Å². The maximum Gasteiger partial charge on any atom is 0.256 e. The fourth-order valence-corrected chi connectivity index (χ4v) is 3.62. The Hall–Kier alpha value is -3.63. The van der Waals surface area contributed by atoms with Crippen LogP contribution in [0.3, 0.4) is 0 Å². The van der Waals surface area contributed by atoms with Crippen molar-refractivity contribution in [1.29, 1.82) is 5.26 Å². The van der Waals surface area contributed by atoms with Crippen molar-refractivity contribution in [3.63, 3.8) is 0 Å². The van der Waals surface area contributed by atoms with Gasteiger partial charge in [-0.25, -0.2) is 4.39 Å². The van der Waals surface area contributed by atoms with Crippen LogP contribution >= 0.6 is 11.8 Å². The average molecular weight is 405 g/mol. The SMILES string of the molecule is CC(=O)Nc1cc(NC(=O)c2ccccc2Sc2ccccc2C#N)ccc1F. The van der Waals surface area contributed by atoms with Crippen molar-refractivity contribution in [2.75, 3.05) is 10.6 Å². The molecule has 0 spiro atoms. The highest BCUT2D eigenvalue weighted by atomic mass is 32.2. The number of nitriles is 1. The number of hydrogen-bond acceptors (Lipinski definition) is 4. The standard InChI is InChI=1S/C22H16FN3O2S/c1-14(27)25-19-12-16(10-11-18(19)23)26-22(28)17-7-3-5-9-21(17)29-20-8-4-2-6-15(20)13-24/h2-12H,1H3,(H,25,27)(H,26,28). The molecule has 0 bridgehead atoms. The van der Waals surface area contributed by atoms with E-state index in [1.165, 1.54) is 36.9 Å². The number of rotatable bonds is 5. The molecule has 7 heteroatoms. The number of benzene rings is 3. The van der Waals surface area contributed by atoms with Crippen LogP contribution < -0.4 is 10.6 Å². The lowest BCUT2D eigenvalue weighted by atomic mass is 10.2. The van der Waals surface area contributed by atoms with Crippen LogP contribution in [0.15, 0.2) is 76.5 Å². The molecule has 3 rings (SSSR count). The predicted octanol–water partition coefficient (Wildman–Crippen LogP) is 5.06. The summed E-state index contributed by atoms with van der Waals surface area (Å²) in [6, 6.07) is 20.2. The zero-order valence-electron chi connectivity index (χ0n) is 15.4. The third kappa shape index (κ3) is 5.00. The first-order valence-electron chi connectivity index (χ1n) is 8.62. The third-order valence-electron chi connectivity index (χ3n) is 3.89. The van der Waals surface area contributed by atoms with Gasteiger partial charge < -0.3 is 10.6 Å². The summed E-state index contributed by atoms with van der Waals surface area (Å²) < 4.78 is 13.8. The van der Waals surface area contributed by atoms with Gasteiger partial charge in [-0.3, -0.25) is 9.59 Å². The quantitative estimate of drug-likeness (QED) is 0.622. The van der Waals surface area contributed by atoms with E-state index in [1.54, 1.807) is 36.4 Å². The summed E-state index contributed by atoms with van der Waals surface area (Å²) in [7, 11) is 0. The Morgan fingerprint density at radius 1 is 0.966 bits per heavy atom. The van der Waals surface area contributed by atoms with Crippen molar-refractivity contribution >= 4 is 35.0 Å². The summed E-state index contributed by atoms with van der Waals surface area (Å²) in [4.78, 5) is 25.4. The van der Waals surface area contributed by atoms with Crippen LogP contribution in [0.1, 0.15) is 22.8 Å². The van der Waals surface area contributed by atoms with E-state index in [-0.39, 0.29) is 11.6 Å². The van der Waals surface area contributed by atoms with E-state index < -0.39 is 11.7 Å². The molecule has 2 amide bonds. The lowest BCUT2D eigenvalue weighted by molar-refractivity contribution is -0.114. The molecule has 0 saturated carbocycles. The molecule has 0 heterocycles. The molecule has 5 nitrogen and oxygen atoms in total. The van der Waals surface area contributed by atoms with E-state index in [4.69, 9.17) is 0 Å². The van der Waals surface area contributed by atoms with E-state index in [1.807, 2.05) is 12.1 Å². The topological polar surface area (TPSA) is 82.0 Å². The molecule has 0 radical (unpaired) electrons. The molecule has 0 atom stereocenters. The van der Waals surface area contributed by atoms with Crippen molar-refractivity contribution in [2.45, 2.75) is 16.7 Å². The van der Waals surface area contributed by atoms with Gasteiger partial charge in [-0.2, -0.15) is 5.26 Å². The molecular formula is C22H16FN3O2S. The van der Waals surface area contributed by atoms with Gasteiger partial charge in [0.15, 0.2) is 0 Å². The fraction of sp³-hybridized carbons (Fsp3) is 0.0455. The maximum absolute atomic E-state index is 13.8. The van der Waals surface area contributed by atoms with Crippen LogP contribution in [0.5, 0.6) is 0 Å². The number of amides is 2. The van der Waals surface area contributed by atoms with E-state index in [2.05, 4.69) is 16.7 Å². The average Bonchev–Trinajstić information content (AvgIpc) is 2.71. The molecule has 0 aliphatic rings. The second-order valence-electron chi connectivity index (χ2n) is 6.04. The van der Waals surface area contributed by atoms with Gasteiger partial charge in [-0.15, -0.1) is 0 Å². The Kier molecular flexibility index (Phi) is 6.27. The fourth-order valence-electron chi connectivity index (χ4n) is 2.60. The molecule has 29 heavy (non-hydrogen) atoms. The monoisotopic (exact) mass is 405 g/mol. The summed E-state index contributed by atoms with van der Waals surface area (Å²) in [5, 5.41) is 14.4. The summed E-state index contributed by atoms with van der Waals surface area (Å²) in [6.07, 6.45) is 0. The summed E-state index contributed by atoms with van der Waals surface area (Å²) in [5.41, 5.74) is 1.26. The Morgan fingerprint density at radius 3 is 2.38 bits per heavy atom. The summed E-state index contributed by atoms with van der Waals surface area (Å²) in [5.74, 6) is -1.39. The molecule has 144 valence electrons. The Balaban J connectivity index is 1.86. The van der Waals surface area contributed by atoms with Gasteiger partial charge in [-0.1, -0.05) is 36.0 Å². The first-order chi connectivity index (χ1) is 14.0. The van der Waals surface area contributed by atoms with Gasteiger partial charge in [0.25, 0.3) is 5.91 Å². The van der Waals surface area contributed by atoms with Crippen LogP contribution in [0.4, 0.5) is 15.8 Å². The molecule has 2 N–H and O–H groups in total. The number of hydrogen-bond donors (Lipinski definition) is 2. The van der Waals surface area contributed by atoms with Crippen molar-refractivity contribution in [3.05, 3.63) is 83.7 Å². The van der Waals surface area contributed by atoms with Crippen LogP contribution in [0, 0.1) is 17.1 Å². The van der Waals surface area contributed by atoms with E-state index in [0.717, 1.165) is 4.90 Å². The minimum atomic E-state index is -0.595. The van der Waals surface area contributed by atoms with Gasteiger partial charge in [0.05, 0.1) is 16.8 Å². The Morgan fingerprint density at radius 2 is 1.66 bits per heavy atom. The molecule has 3 aromatic rings. The lowest BCUT2D eigenvalue weighted by Crippen LogP contribution is -2.14. The normalized spacial score (nSPS) is 10.1. The smallest absolute Gasteiger partial charge is 0.256 e. The number of nitrogens with zero attached hydrogens (tertiary/aromatic N) is 1. The van der Waals surface area contributed by atoms with E-state index >= 15 is 0 Å². The minimum absolute atomic E-state index is 0.0130. The summed E-state index contributed by atoms with van der Waals surface area (Å²) in [6.45, 7) is 1.28. The summed E-state index contributed by atoms with van der Waals surface area (Å²) >= 11 is 1.32. The van der Waals surface area contributed by atoms with Crippen molar-refractivity contribution in [2.24, 2.45) is 0 Å². The van der Waals surface area contributed by atoms with Gasteiger partial charge in [-0.05, 0) is 42.5 Å². The first kappa shape index (κ1) is 20.1. The van der Waals surface area contributed by atoms with Crippen LogP contribution in [0.25, 0.3) is 0 Å². The molecule has 0 aromatic heterocycles. The molecule has 0 fully saturated rings. The number of halogens is 1. The van der Waals surface area contributed by atoms with Gasteiger partial charge >= 0.3 is 0 Å². The highest BCUT2D eigenvalue weighted by Gasteiger charge is 2.15. The molecule has 0 aliphatic carbocycles. The molecular weight excluding hydrogens is 389 g/mol. The van der Waals surface area contributed by atoms with Crippen molar-refractivity contribution in [1.82, 2.24) is 0 Å². The number of carbonyl (C=O) groups excluding carboxylic acids is 2. The largest absolute Gasteiger partial charge is 0.324 e. The highest BCUT2D eigenvalue weighted by Crippen LogP contribution is 2.33. The molecule has 0 saturated heterocycles. The molecule has 0 aliphatic heterocycles. The number of nitrogens with one attached hydrogen (secondary N) is 2. The third-order valence-corrected chi connectivity index (χ3v) is 5.05. The van der Waals surface area contributed by atoms with Crippen LogP contribution in [-0.2, 0) is 4.79 Å². The minimum Gasteiger partial charge on any atom is -0.324 e. The van der Waals surface area contributed by atoms with Gasteiger partial charge in [0.2, 0.25) is 5.91 Å². The van der Waals surface area contributed by atoms with Gasteiger partial charge in [0.1, 0.15) is 11.9 Å². The number of anilines is 2. The molecule has 0 unspecified atom stereocenters.